The molecule has 0 aliphatic rings. The van der Waals surface area contributed by atoms with E-state index in [-0.39, 0.29) is 5.78 Å². The molecule has 2 heteroatoms. The predicted octanol–water partition coefficient (Wildman–Crippen LogP) is 8.25. The number of Topliss-reactive ketones (excluding diaryl/α,β-unsaturated/α-hetero) is 1. The van der Waals surface area contributed by atoms with Gasteiger partial charge in [0, 0.05) is 12.1 Å². The van der Waals surface area contributed by atoms with Crippen LogP contribution in [0.3, 0.4) is 0 Å². The average molecular weight is 524 g/mol. The highest BCUT2D eigenvalue weighted by molar-refractivity contribution is 5.96. The molecule has 4 aromatic carbocycles. The summed E-state index contributed by atoms with van der Waals surface area (Å²) in [5.74, 6) is 0.148. The molecule has 0 spiro atoms. The zero-order chi connectivity index (χ0) is 27.4. The van der Waals surface area contributed by atoms with Gasteiger partial charge in [0.25, 0.3) is 0 Å². The van der Waals surface area contributed by atoms with Gasteiger partial charge < -0.3 is 0 Å². The third kappa shape index (κ3) is 7.86. The van der Waals surface area contributed by atoms with Crippen LogP contribution in [0, 0.1) is 0 Å². The van der Waals surface area contributed by atoms with Gasteiger partial charge in [0.15, 0.2) is 5.78 Å². The summed E-state index contributed by atoms with van der Waals surface area (Å²) >= 11 is 0. The van der Waals surface area contributed by atoms with Crippen molar-refractivity contribution in [2.45, 2.75) is 51.4 Å². The standard InChI is InChI=1S/C38H37NO/c40-37(28-24-33-19-11-4-12-20-33)38-36(27-23-32-17-9-3-10-18-32)34(25-21-30-13-5-1-6-14-30)29-35(39-38)26-22-31-15-7-2-8-16-31/h1-20,29H,21-28H2. The van der Waals surface area contributed by atoms with E-state index in [1.807, 2.05) is 18.2 Å². The maximum Gasteiger partial charge on any atom is 0.181 e. The summed E-state index contributed by atoms with van der Waals surface area (Å²) in [6.07, 6.45) is 6.47. The van der Waals surface area contributed by atoms with Crippen molar-refractivity contribution in [2.24, 2.45) is 0 Å². The summed E-state index contributed by atoms with van der Waals surface area (Å²) in [6, 6.07) is 44.3. The number of carbonyl (C=O) groups excluding carboxylic acids is 1. The highest BCUT2D eigenvalue weighted by atomic mass is 16.1. The van der Waals surface area contributed by atoms with Gasteiger partial charge in [-0.15, -0.1) is 0 Å². The Morgan fingerprint density at radius 1 is 0.475 bits per heavy atom. The van der Waals surface area contributed by atoms with Gasteiger partial charge in [0.2, 0.25) is 0 Å². The predicted molar refractivity (Wildman–Crippen MR) is 165 cm³/mol. The minimum atomic E-state index is 0.148. The summed E-state index contributed by atoms with van der Waals surface area (Å²) in [5, 5.41) is 0. The molecule has 0 aliphatic heterocycles. The van der Waals surface area contributed by atoms with E-state index in [0.29, 0.717) is 12.1 Å². The van der Waals surface area contributed by atoms with Crippen molar-refractivity contribution < 1.29 is 4.79 Å². The number of carbonyl (C=O) groups is 1. The van der Waals surface area contributed by atoms with Crippen molar-refractivity contribution in [3.63, 3.8) is 0 Å². The molecule has 0 fully saturated rings. The molecule has 1 aromatic heterocycles. The molecule has 0 unspecified atom stereocenters. The van der Waals surface area contributed by atoms with E-state index in [2.05, 4.69) is 109 Å². The van der Waals surface area contributed by atoms with Crippen molar-refractivity contribution in [3.8, 4) is 0 Å². The highest BCUT2D eigenvalue weighted by Crippen LogP contribution is 2.23. The van der Waals surface area contributed by atoms with E-state index in [1.54, 1.807) is 0 Å². The number of nitrogens with zero attached hydrogens (tertiary/aromatic N) is 1. The van der Waals surface area contributed by atoms with E-state index in [4.69, 9.17) is 4.98 Å². The fourth-order valence-electron chi connectivity index (χ4n) is 5.32. The van der Waals surface area contributed by atoms with Gasteiger partial charge in [-0.25, -0.2) is 4.98 Å². The molecule has 0 aliphatic carbocycles. The van der Waals surface area contributed by atoms with E-state index >= 15 is 0 Å². The monoisotopic (exact) mass is 523 g/mol. The summed E-state index contributed by atoms with van der Waals surface area (Å²) in [5.41, 5.74) is 9.16. The molecule has 5 aromatic rings. The quantitative estimate of drug-likeness (QED) is 0.145. The number of pyridine rings is 1. The number of hydrogen-bond donors (Lipinski definition) is 0. The summed E-state index contributed by atoms with van der Waals surface area (Å²) < 4.78 is 0. The fraction of sp³-hybridized carbons (Fsp3) is 0.211. The first kappa shape index (κ1) is 27.3. The Balaban J connectivity index is 1.47. The third-order valence-corrected chi connectivity index (χ3v) is 7.56. The largest absolute Gasteiger partial charge is 0.292 e. The van der Waals surface area contributed by atoms with Gasteiger partial charge in [0.1, 0.15) is 5.69 Å². The van der Waals surface area contributed by atoms with Crippen LogP contribution >= 0.6 is 0 Å². The van der Waals surface area contributed by atoms with Gasteiger partial charge in [-0.05, 0) is 84.4 Å². The van der Waals surface area contributed by atoms with Crippen molar-refractivity contribution in [2.75, 3.05) is 0 Å². The Labute approximate surface area is 238 Å². The van der Waals surface area contributed by atoms with E-state index < -0.39 is 0 Å². The number of ketones is 1. The lowest BCUT2D eigenvalue weighted by Crippen LogP contribution is -2.15. The Morgan fingerprint density at radius 2 is 0.900 bits per heavy atom. The lowest BCUT2D eigenvalue weighted by Gasteiger charge is -2.17. The van der Waals surface area contributed by atoms with Crippen LogP contribution in [0.4, 0.5) is 0 Å². The van der Waals surface area contributed by atoms with Crippen LogP contribution in [0.1, 0.15) is 56.0 Å². The zero-order valence-electron chi connectivity index (χ0n) is 23.1. The number of aromatic nitrogens is 1. The second-order valence-electron chi connectivity index (χ2n) is 10.5. The van der Waals surface area contributed by atoms with Crippen LogP contribution in [0.15, 0.2) is 127 Å². The van der Waals surface area contributed by atoms with Crippen molar-refractivity contribution >= 4 is 5.78 Å². The molecular formula is C38H37NO. The number of aryl methyl sites for hydroxylation is 6. The van der Waals surface area contributed by atoms with Crippen molar-refractivity contribution in [3.05, 3.63) is 172 Å². The van der Waals surface area contributed by atoms with Crippen molar-refractivity contribution in [1.82, 2.24) is 4.98 Å². The van der Waals surface area contributed by atoms with Gasteiger partial charge in [0.05, 0.1) is 0 Å². The topological polar surface area (TPSA) is 30.0 Å². The van der Waals surface area contributed by atoms with Crippen LogP contribution in [-0.4, -0.2) is 10.8 Å². The van der Waals surface area contributed by atoms with Gasteiger partial charge in [-0.3, -0.25) is 4.79 Å². The molecule has 5 rings (SSSR count). The fourth-order valence-corrected chi connectivity index (χ4v) is 5.32. The molecule has 200 valence electrons. The number of benzene rings is 4. The van der Waals surface area contributed by atoms with Crippen molar-refractivity contribution in [1.29, 1.82) is 0 Å². The van der Waals surface area contributed by atoms with E-state index in [1.165, 1.54) is 27.8 Å². The summed E-state index contributed by atoms with van der Waals surface area (Å²) in [7, 11) is 0. The molecule has 40 heavy (non-hydrogen) atoms. The Morgan fingerprint density at radius 3 is 1.40 bits per heavy atom. The molecule has 0 N–H and O–H groups in total. The second kappa shape index (κ2) is 14.2. The third-order valence-electron chi connectivity index (χ3n) is 7.56. The Hall–Kier alpha value is -4.30. The number of rotatable bonds is 13. The van der Waals surface area contributed by atoms with E-state index in [0.717, 1.165) is 56.2 Å². The first-order chi connectivity index (χ1) is 19.7. The molecule has 1 heterocycles. The lowest BCUT2D eigenvalue weighted by atomic mass is 9.91. The first-order valence-electron chi connectivity index (χ1n) is 14.4. The summed E-state index contributed by atoms with van der Waals surface area (Å²) in [6.45, 7) is 0. The molecular weight excluding hydrogens is 486 g/mol. The SMILES string of the molecule is O=C(CCc1ccccc1)c1nc(CCc2ccccc2)cc(CCc2ccccc2)c1CCc1ccccc1. The minimum absolute atomic E-state index is 0.148. The smallest absolute Gasteiger partial charge is 0.181 e. The van der Waals surface area contributed by atoms with Gasteiger partial charge in [-0.2, -0.15) is 0 Å². The normalized spacial score (nSPS) is 10.9. The molecule has 0 atom stereocenters. The lowest BCUT2D eigenvalue weighted by molar-refractivity contribution is 0.0976. The van der Waals surface area contributed by atoms with Crippen LogP contribution < -0.4 is 0 Å². The van der Waals surface area contributed by atoms with Crippen LogP contribution in [0.2, 0.25) is 0 Å². The van der Waals surface area contributed by atoms with Gasteiger partial charge in [-0.1, -0.05) is 121 Å². The maximum atomic E-state index is 13.8. The average Bonchev–Trinajstić information content (AvgIpc) is 3.02. The van der Waals surface area contributed by atoms with Crippen LogP contribution in [0.5, 0.6) is 0 Å². The first-order valence-corrected chi connectivity index (χ1v) is 14.4. The molecule has 0 bridgehead atoms. The maximum absolute atomic E-state index is 13.8. The van der Waals surface area contributed by atoms with Crippen LogP contribution in [-0.2, 0) is 44.9 Å². The molecule has 2 nitrogen and oxygen atoms in total. The summed E-state index contributed by atoms with van der Waals surface area (Å²) in [4.78, 5) is 18.9. The Kier molecular flexibility index (Phi) is 9.68. The molecule has 0 saturated heterocycles. The highest BCUT2D eigenvalue weighted by Gasteiger charge is 2.19. The molecule has 0 amide bonds. The van der Waals surface area contributed by atoms with Crippen LogP contribution in [0.25, 0.3) is 0 Å². The van der Waals surface area contributed by atoms with Gasteiger partial charge >= 0.3 is 0 Å². The Bertz CT molecular complexity index is 1480. The number of hydrogen-bond acceptors (Lipinski definition) is 2. The zero-order valence-corrected chi connectivity index (χ0v) is 23.1. The molecule has 0 saturated carbocycles. The molecule has 0 radical (unpaired) electrons. The second-order valence-corrected chi connectivity index (χ2v) is 10.5. The van der Waals surface area contributed by atoms with E-state index in [9.17, 15) is 4.79 Å². The minimum Gasteiger partial charge on any atom is -0.292 e.